The maximum absolute atomic E-state index is 12.7. The Labute approximate surface area is 626 Å². The molecule has 0 atom stereocenters. The van der Waals surface area contributed by atoms with Crippen molar-refractivity contribution in [1.29, 1.82) is 0 Å². The third-order valence-corrected chi connectivity index (χ3v) is 19.9. The number of anilines is 3. The summed E-state index contributed by atoms with van der Waals surface area (Å²) in [4.78, 5) is 74.7. The first-order valence-electron chi connectivity index (χ1n) is 31.4. The van der Waals surface area contributed by atoms with Crippen LogP contribution in [0.1, 0.15) is 104 Å². The Morgan fingerprint density at radius 2 is 0.771 bits per heavy atom. The lowest BCUT2D eigenvalue weighted by Crippen LogP contribution is -2.23. The summed E-state index contributed by atoms with van der Waals surface area (Å²) in [7, 11) is -10.5. The molecule has 0 aliphatic rings. The number of halogens is 4. The second-order valence-corrected chi connectivity index (χ2v) is 31.4. The zero-order valence-electron chi connectivity index (χ0n) is 57.5. The Morgan fingerprint density at radius 1 is 0.438 bits per heavy atom. The number of nitrogens with two attached hydrogens (primary N) is 4. The second kappa shape index (κ2) is 34.4. The topological polar surface area (TPSA) is 418 Å². The Balaban J connectivity index is 0.000000186. The van der Waals surface area contributed by atoms with Gasteiger partial charge in [-0.1, -0.05) is 46.9 Å². The number of benzene rings is 3. The Morgan fingerprint density at radius 3 is 1.09 bits per heavy atom. The van der Waals surface area contributed by atoms with Gasteiger partial charge in [-0.15, -0.1) is 12.4 Å². The largest absolute Gasteiger partial charge is 0.478 e. The van der Waals surface area contributed by atoms with E-state index in [0.29, 0.717) is 143 Å². The SMILES string of the molecule is CS(=O)(=O)c1cc(Cc2cc(C(=O)O)ccn2)cc2cc(Cl)cnc12.Cc1cc(N)nc(C)c1CN.Cc1nc(N)ccc1CNC(=O)c1ccnc(Cc2cc(S(C)(=O)=O)c3ncc(Cl)cc3c2)c1.Cc1nc(N)ccc1CNC(=O)c1ccnc(Cc2cc(S(C)(=O)=O)c3ncc(Cl)cc3c2)c1.Cl. The quantitative estimate of drug-likeness (QED) is 0.0445. The number of nitrogens with zero attached hydrogens (tertiary/aromatic N) is 9. The van der Waals surface area contributed by atoms with Gasteiger partial charge in [-0.05, 0) is 176 Å². The van der Waals surface area contributed by atoms with Crippen molar-refractivity contribution in [2.24, 2.45) is 5.73 Å². The van der Waals surface area contributed by atoms with E-state index in [2.05, 4.69) is 55.5 Å². The number of aromatic nitrogens is 9. The minimum atomic E-state index is -3.52. The number of carbonyl (C=O) groups is 3. The van der Waals surface area contributed by atoms with Crippen LogP contribution in [-0.2, 0) is 68.4 Å². The Hall–Kier alpha value is -10.4. The minimum Gasteiger partial charge on any atom is -0.478 e. The number of carbonyl (C=O) groups excluding carboxylic acids is 2. The molecule has 0 aliphatic carbocycles. The number of sulfone groups is 3. The smallest absolute Gasteiger partial charge is 0.335 e. The Bertz CT molecular complexity index is 5460. The molecule has 0 spiro atoms. The molecule has 2 amide bonds. The van der Waals surface area contributed by atoms with Crippen molar-refractivity contribution in [3.05, 3.63) is 263 Å². The summed E-state index contributed by atoms with van der Waals surface area (Å²) in [6.07, 6.45) is 13.1. The Kier molecular flexibility index (Phi) is 26.3. The highest BCUT2D eigenvalue weighted by Gasteiger charge is 2.21. The van der Waals surface area contributed by atoms with Crippen LogP contribution in [0.4, 0.5) is 17.5 Å². The summed E-state index contributed by atoms with van der Waals surface area (Å²) >= 11 is 18.1. The lowest BCUT2D eigenvalue weighted by molar-refractivity contribution is 0.0695. The van der Waals surface area contributed by atoms with Gasteiger partial charge in [0, 0.05) is 156 Å². The van der Waals surface area contributed by atoms with E-state index in [1.54, 1.807) is 85.2 Å². The number of hydrogen-bond acceptors (Lipinski definition) is 22. The molecule has 3 aromatic carbocycles. The molecule has 32 heteroatoms. The molecule has 0 saturated carbocycles. The van der Waals surface area contributed by atoms with E-state index in [0.717, 1.165) is 58.1 Å². The van der Waals surface area contributed by atoms with Crippen LogP contribution in [0.25, 0.3) is 32.7 Å². The van der Waals surface area contributed by atoms with Gasteiger partial charge in [-0.25, -0.2) is 45.0 Å². The van der Waals surface area contributed by atoms with E-state index in [9.17, 15) is 39.6 Å². The van der Waals surface area contributed by atoms with Gasteiger partial charge >= 0.3 is 5.97 Å². The second-order valence-electron chi connectivity index (χ2n) is 24.2. The first-order valence-corrected chi connectivity index (χ1v) is 38.3. The summed E-state index contributed by atoms with van der Waals surface area (Å²) in [5.74, 6) is -0.140. The monoisotopic (exact) mass is 1550 g/mol. The molecule has 0 aliphatic heterocycles. The fourth-order valence-corrected chi connectivity index (χ4v) is 14.2. The normalized spacial score (nSPS) is 11.3. The van der Waals surface area contributed by atoms with Crippen LogP contribution in [0, 0.1) is 27.7 Å². The molecule has 12 rings (SSSR count). The molecule has 105 heavy (non-hydrogen) atoms. The molecule has 9 heterocycles. The number of hydrogen-bond donors (Lipinski definition) is 7. The molecule has 0 saturated heterocycles. The van der Waals surface area contributed by atoms with Crippen molar-refractivity contribution in [2.45, 2.75) is 81.3 Å². The highest BCUT2D eigenvalue weighted by atomic mass is 35.5. The molecule has 0 bridgehead atoms. The maximum Gasteiger partial charge on any atom is 0.335 e. The highest BCUT2D eigenvalue weighted by molar-refractivity contribution is 7.91. The van der Waals surface area contributed by atoms with Crippen molar-refractivity contribution >= 4 is 145 Å². The van der Waals surface area contributed by atoms with Crippen molar-refractivity contribution < 1.29 is 44.7 Å². The lowest BCUT2D eigenvalue weighted by Gasteiger charge is -2.10. The number of aromatic carboxylic acids is 1. The maximum atomic E-state index is 12.7. The first-order chi connectivity index (χ1) is 49.1. The fourth-order valence-electron chi connectivity index (χ4n) is 11.0. The molecular weight excluding hydrogens is 1480 g/mol. The summed E-state index contributed by atoms with van der Waals surface area (Å²) in [6, 6.07) is 33.5. The van der Waals surface area contributed by atoms with Crippen LogP contribution in [0.15, 0.2) is 173 Å². The summed E-state index contributed by atoms with van der Waals surface area (Å²) in [5.41, 5.74) is 34.8. The van der Waals surface area contributed by atoms with Gasteiger partial charge < -0.3 is 38.7 Å². The average molecular weight is 1560 g/mol. The van der Waals surface area contributed by atoms with Gasteiger partial charge in [-0.2, -0.15) is 0 Å². The summed E-state index contributed by atoms with van der Waals surface area (Å²) in [5, 5.41) is 17.9. The van der Waals surface area contributed by atoms with Crippen LogP contribution in [0.2, 0.25) is 15.1 Å². The van der Waals surface area contributed by atoms with E-state index >= 15 is 0 Å². The molecule has 0 unspecified atom stereocenters. The number of aryl methyl sites for hydroxylation is 4. The number of carboxylic acids is 1. The average Bonchev–Trinajstić information content (AvgIpc) is 0.788. The third-order valence-electron chi connectivity index (χ3n) is 16.0. The van der Waals surface area contributed by atoms with Crippen LogP contribution in [0.3, 0.4) is 0 Å². The number of nitrogen functional groups attached to an aromatic ring is 3. The van der Waals surface area contributed by atoms with Crippen molar-refractivity contribution in [3.8, 4) is 0 Å². The van der Waals surface area contributed by atoms with Crippen molar-refractivity contribution in [2.75, 3.05) is 36.0 Å². The van der Waals surface area contributed by atoms with Crippen molar-refractivity contribution in [3.63, 3.8) is 0 Å². The number of fused-ring (bicyclic) bond motifs is 3. The van der Waals surface area contributed by atoms with Gasteiger partial charge in [0.1, 0.15) is 17.5 Å². The molecule has 9 aromatic heterocycles. The molecule has 0 radical (unpaired) electrons. The molecular formula is C73H71Cl4N15O10S3. The minimum absolute atomic E-state index is 0. The molecule has 12 aromatic rings. The van der Waals surface area contributed by atoms with E-state index in [1.807, 2.05) is 58.0 Å². The van der Waals surface area contributed by atoms with Gasteiger partial charge in [-0.3, -0.25) is 39.5 Å². The predicted octanol–water partition coefficient (Wildman–Crippen LogP) is 11.1. The van der Waals surface area contributed by atoms with E-state index in [4.69, 9.17) is 62.8 Å². The molecule has 0 fully saturated rings. The van der Waals surface area contributed by atoms with Gasteiger partial charge in [0.25, 0.3) is 11.8 Å². The highest BCUT2D eigenvalue weighted by Crippen LogP contribution is 2.31. The van der Waals surface area contributed by atoms with Gasteiger partial charge in [0.05, 0.1) is 51.9 Å². The number of rotatable bonds is 17. The zero-order valence-corrected chi connectivity index (χ0v) is 63.0. The van der Waals surface area contributed by atoms with Crippen LogP contribution < -0.4 is 33.6 Å². The zero-order chi connectivity index (χ0) is 75.5. The number of carboxylic acid groups (broad SMARTS) is 1. The summed E-state index contributed by atoms with van der Waals surface area (Å²) < 4.78 is 73.7. The van der Waals surface area contributed by atoms with Crippen molar-refractivity contribution in [1.82, 2.24) is 55.5 Å². The standard InChI is InChI=1S/2C24H22ClN5O3S.C17H13ClN2O4S.C8H13N3.ClH/c2*1-14-17(3-4-22(26)30-14)12-29-24(31)16-5-6-27-20(11-16)8-15-7-18-10-19(25)13-28-23(18)21(9-15)34(2,32)33;1-25(23,24)15-6-10(4-12-7-13(18)9-20-16(12)15)5-14-8-11(17(21)22)2-3-19-14;1-5-3-8(10)11-6(2)7(5)4-9;/h2*3-7,9-11,13H,8,12H2,1-2H3,(H2,26,30)(H,29,31);2-4,6-9H,5H2,1H3,(H,21,22);3H,4,9H2,1-2H3,(H2,10,11);1H. The van der Waals surface area contributed by atoms with Gasteiger partial charge in [0.2, 0.25) is 0 Å². The van der Waals surface area contributed by atoms with Gasteiger partial charge in [0.15, 0.2) is 29.5 Å². The predicted molar refractivity (Wildman–Crippen MR) is 410 cm³/mol. The van der Waals surface area contributed by atoms with Crippen LogP contribution in [-0.4, -0.2) is 112 Å². The number of nitrogens with one attached hydrogen (secondary N) is 2. The number of pyridine rings is 9. The molecule has 544 valence electrons. The molecule has 11 N–H and O–H groups in total. The van der Waals surface area contributed by atoms with E-state index in [1.165, 1.54) is 43.0 Å². The third kappa shape index (κ3) is 21.6. The number of amides is 2. The van der Waals surface area contributed by atoms with Crippen LogP contribution in [0.5, 0.6) is 0 Å². The summed E-state index contributed by atoms with van der Waals surface area (Å²) in [6.45, 7) is 8.74. The van der Waals surface area contributed by atoms with E-state index < -0.39 is 35.5 Å². The first kappa shape index (κ1) is 80.3. The van der Waals surface area contributed by atoms with E-state index in [-0.39, 0.29) is 50.9 Å². The lowest BCUT2D eigenvalue weighted by atomic mass is 10.0. The van der Waals surface area contributed by atoms with Crippen LogP contribution >= 0.6 is 47.2 Å². The fraction of sp³-hybridized carbons (Fsp3) is 0.178. The molecule has 25 nitrogen and oxygen atoms in total.